The maximum atomic E-state index is 12.5. The van der Waals surface area contributed by atoms with E-state index in [2.05, 4.69) is 28.1 Å². The molecule has 1 aliphatic heterocycles. The molecule has 3 heterocycles. The van der Waals surface area contributed by atoms with Crippen LogP contribution in [0.3, 0.4) is 0 Å². The number of likely N-dealkylation sites (tertiary alicyclic amines) is 1. The van der Waals surface area contributed by atoms with E-state index in [0.29, 0.717) is 24.3 Å². The van der Waals surface area contributed by atoms with Crippen molar-refractivity contribution in [2.75, 3.05) is 33.3 Å². The highest BCUT2D eigenvalue weighted by molar-refractivity contribution is 5.77. The van der Waals surface area contributed by atoms with Crippen LogP contribution in [0.25, 0.3) is 0 Å². The molecule has 146 valence electrons. The minimum atomic E-state index is -0.0163. The van der Waals surface area contributed by atoms with E-state index < -0.39 is 0 Å². The van der Waals surface area contributed by atoms with E-state index in [1.165, 1.54) is 5.56 Å². The van der Waals surface area contributed by atoms with Gasteiger partial charge in [0.1, 0.15) is 5.75 Å². The summed E-state index contributed by atoms with van der Waals surface area (Å²) in [5.41, 5.74) is 1.23. The fourth-order valence-electron chi connectivity index (χ4n) is 3.91. The molecule has 1 fully saturated rings. The van der Waals surface area contributed by atoms with Crippen LogP contribution >= 0.6 is 0 Å². The molecule has 1 saturated heterocycles. The highest BCUT2D eigenvalue weighted by Crippen LogP contribution is 2.36. The van der Waals surface area contributed by atoms with Gasteiger partial charge in [-0.15, -0.1) is 0 Å². The third kappa shape index (κ3) is 4.86. The maximum absolute atomic E-state index is 12.5. The first-order valence-corrected chi connectivity index (χ1v) is 9.58. The first kappa shape index (κ1) is 19.4. The molecule has 0 spiro atoms. The Morgan fingerprint density at radius 1 is 1.41 bits per heavy atom. The van der Waals surface area contributed by atoms with Gasteiger partial charge in [0.15, 0.2) is 6.61 Å². The van der Waals surface area contributed by atoms with E-state index in [4.69, 9.17) is 4.74 Å². The topological polar surface area (TPSA) is 63.5 Å². The fourth-order valence-corrected chi connectivity index (χ4v) is 3.91. The van der Waals surface area contributed by atoms with Crippen molar-refractivity contribution in [3.63, 3.8) is 0 Å². The van der Waals surface area contributed by atoms with Crippen LogP contribution in [0.2, 0.25) is 0 Å². The summed E-state index contributed by atoms with van der Waals surface area (Å²) in [5.74, 6) is 0.981. The van der Waals surface area contributed by atoms with Gasteiger partial charge in [0.25, 0.3) is 5.91 Å². The van der Waals surface area contributed by atoms with E-state index in [-0.39, 0.29) is 12.5 Å². The number of amides is 1. The van der Waals surface area contributed by atoms with Gasteiger partial charge in [-0.1, -0.05) is 6.92 Å². The molecule has 2 aromatic rings. The van der Waals surface area contributed by atoms with E-state index in [0.717, 1.165) is 25.9 Å². The summed E-state index contributed by atoms with van der Waals surface area (Å²) in [6.45, 7) is 5.03. The average molecular weight is 371 g/mol. The zero-order chi connectivity index (χ0) is 19.2. The molecule has 0 radical (unpaired) electrons. The van der Waals surface area contributed by atoms with Gasteiger partial charge in [-0.3, -0.25) is 19.4 Å². The second-order valence-electron chi connectivity index (χ2n) is 7.17. The monoisotopic (exact) mass is 371 g/mol. The van der Waals surface area contributed by atoms with Crippen molar-refractivity contribution in [3.8, 4) is 5.75 Å². The van der Waals surface area contributed by atoms with Crippen molar-refractivity contribution in [1.29, 1.82) is 0 Å². The molecule has 7 nitrogen and oxygen atoms in total. The van der Waals surface area contributed by atoms with E-state index in [1.54, 1.807) is 29.4 Å². The number of hydrogen-bond acceptors (Lipinski definition) is 5. The lowest BCUT2D eigenvalue weighted by Crippen LogP contribution is -2.44. The number of hydrogen-bond donors (Lipinski definition) is 0. The van der Waals surface area contributed by atoms with Crippen molar-refractivity contribution < 1.29 is 9.53 Å². The Morgan fingerprint density at radius 2 is 2.26 bits per heavy atom. The third-order valence-electron chi connectivity index (χ3n) is 5.26. The molecular formula is C20H29N5O2. The third-order valence-corrected chi connectivity index (χ3v) is 5.26. The van der Waals surface area contributed by atoms with Gasteiger partial charge in [-0.05, 0) is 44.0 Å². The number of pyridine rings is 1. The molecule has 27 heavy (non-hydrogen) atoms. The first-order valence-electron chi connectivity index (χ1n) is 9.58. The predicted molar refractivity (Wildman–Crippen MR) is 103 cm³/mol. The first-order chi connectivity index (χ1) is 13.1. The summed E-state index contributed by atoms with van der Waals surface area (Å²) in [6.07, 6.45) is 9.62. The number of aromatic nitrogens is 3. The van der Waals surface area contributed by atoms with Crippen LogP contribution in [0.4, 0.5) is 0 Å². The zero-order valence-electron chi connectivity index (χ0n) is 16.4. The quantitative estimate of drug-likeness (QED) is 0.746. The molecule has 0 bridgehead atoms. The van der Waals surface area contributed by atoms with Crippen molar-refractivity contribution in [3.05, 3.63) is 42.5 Å². The summed E-state index contributed by atoms with van der Waals surface area (Å²) < 4.78 is 7.41. The lowest BCUT2D eigenvalue weighted by molar-refractivity contribution is -0.133. The highest BCUT2D eigenvalue weighted by atomic mass is 16.5. The Balaban J connectivity index is 1.63. The zero-order valence-corrected chi connectivity index (χ0v) is 16.4. The summed E-state index contributed by atoms with van der Waals surface area (Å²) in [7, 11) is 3.81. The minimum absolute atomic E-state index is 0.0163. The van der Waals surface area contributed by atoms with E-state index in [9.17, 15) is 4.79 Å². The molecule has 0 N–H and O–H groups in total. The van der Waals surface area contributed by atoms with E-state index in [1.807, 2.05) is 25.0 Å². The van der Waals surface area contributed by atoms with Gasteiger partial charge >= 0.3 is 0 Å². The second kappa shape index (κ2) is 8.99. The number of carbonyl (C=O) groups excluding carboxylic acids is 1. The number of likely N-dealkylation sites (N-methyl/N-ethyl adjacent to an activating group) is 1. The molecule has 7 heteroatoms. The summed E-state index contributed by atoms with van der Waals surface area (Å²) in [6, 6.07) is 3.90. The fraction of sp³-hybridized carbons (Fsp3) is 0.550. The van der Waals surface area contributed by atoms with Gasteiger partial charge in [0, 0.05) is 44.6 Å². The molecule has 0 saturated carbocycles. The largest absolute Gasteiger partial charge is 0.482 e. The Kier molecular flexibility index (Phi) is 6.45. The van der Waals surface area contributed by atoms with Crippen LogP contribution in [-0.2, 0) is 11.8 Å². The molecule has 0 unspecified atom stereocenters. The standard InChI is InChI=1S/C20H29N5O2/c1-4-25-10-6-7-16(20(25)17-11-22-24(3)14-17)13-23(2)19(26)15-27-18-8-5-9-21-12-18/h5,8-9,11-12,14,16,20H,4,6-7,10,13,15H2,1-3H3/t16-,20+/m0/s1. The number of ether oxygens (including phenoxy) is 1. The molecule has 0 aromatic carbocycles. The van der Waals surface area contributed by atoms with Gasteiger partial charge in [0.05, 0.1) is 12.4 Å². The van der Waals surface area contributed by atoms with Crippen LogP contribution in [-0.4, -0.2) is 63.8 Å². The summed E-state index contributed by atoms with van der Waals surface area (Å²) in [5, 5.41) is 4.36. The Labute approximate surface area is 160 Å². The van der Waals surface area contributed by atoms with Gasteiger partial charge in [-0.2, -0.15) is 5.10 Å². The van der Waals surface area contributed by atoms with Crippen molar-refractivity contribution in [2.45, 2.75) is 25.8 Å². The minimum Gasteiger partial charge on any atom is -0.482 e. The Morgan fingerprint density at radius 3 is 2.93 bits per heavy atom. The molecule has 1 aliphatic rings. The van der Waals surface area contributed by atoms with Crippen molar-refractivity contribution >= 4 is 5.91 Å². The van der Waals surface area contributed by atoms with Crippen LogP contribution in [0.5, 0.6) is 5.75 Å². The molecule has 2 atom stereocenters. The number of aryl methyl sites for hydroxylation is 1. The van der Waals surface area contributed by atoms with Crippen LogP contribution in [0.1, 0.15) is 31.4 Å². The SMILES string of the molecule is CCN1CCC[C@@H](CN(C)C(=O)COc2cccnc2)[C@@H]1c1cnn(C)c1. The van der Waals surface area contributed by atoms with Crippen LogP contribution in [0.15, 0.2) is 36.9 Å². The molecule has 2 aromatic heterocycles. The number of carbonyl (C=O) groups is 1. The van der Waals surface area contributed by atoms with Crippen LogP contribution in [0, 0.1) is 5.92 Å². The smallest absolute Gasteiger partial charge is 0.260 e. The highest BCUT2D eigenvalue weighted by Gasteiger charge is 2.34. The van der Waals surface area contributed by atoms with Gasteiger partial charge < -0.3 is 9.64 Å². The summed E-state index contributed by atoms with van der Waals surface area (Å²) >= 11 is 0. The number of rotatable bonds is 7. The maximum Gasteiger partial charge on any atom is 0.260 e. The van der Waals surface area contributed by atoms with E-state index >= 15 is 0 Å². The van der Waals surface area contributed by atoms with Gasteiger partial charge in [-0.25, -0.2) is 0 Å². The van der Waals surface area contributed by atoms with Crippen molar-refractivity contribution in [2.24, 2.45) is 13.0 Å². The van der Waals surface area contributed by atoms with Gasteiger partial charge in [0.2, 0.25) is 0 Å². The Bertz CT molecular complexity index is 733. The number of nitrogens with zero attached hydrogens (tertiary/aromatic N) is 5. The lowest BCUT2D eigenvalue weighted by atomic mass is 9.85. The lowest BCUT2D eigenvalue weighted by Gasteiger charge is -2.42. The normalized spacial score (nSPS) is 20.4. The summed E-state index contributed by atoms with van der Waals surface area (Å²) in [4.78, 5) is 20.8. The number of piperidine rings is 1. The Hall–Kier alpha value is -2.41. The molecular weight excluding hydrogens is 342 g/mol. The average Bonchev–Trinajstić information content (AvgIpc) is 3.12. The van der Waals surface area contributed by atoms with Crippen LogP contribution < -0.4 is 4.74 Å². The molecule has 1 amide bonds. The van der Waals surface area contributed by atoms with Crippen molar-refractivity contribution in [1.82, 2.24) is 24.6 Å². The molecule has 3 rings (SSSR count). The predicted octanol–water partition coefficient (Wildman–Crippen LogP) is 2.13. The molecule has 0 aliphatic carbocycles. The second-order valence-corrected chi connectivity index (χ2v) is 7.17.